The number of ether oxygens (including phenoxy) is 3. The van der Waals surface area contributed by atoms with E-state index in [-0.39, 0.29) is 5.38 Å². The Morgan fingerprint density at radius 2 is 1.76 bits per heavy atom. The SMILES string of the molecule is COc1cccc(C(Cl)c2ccc(OC)c(Br)c2OC)c1. The van der Waals surface area contributed by atoms with Crippen molar-refractivity contribution in [1.29, 1.82) is 0 Å². The molecule has 2 aromatic carbocycles. The Balaban J connectivity index is 2.47. The molecular formula is C16H16BrClO3. The molecule has 21 heavy (non-hydrogen) atoms. The molecule has 0 fully saturated rings. The first kappa shape index (κ1) is 16.0. The van der Waals surface area contributed by atoms with Gasteiger partial charge in [0.25, 0.3) is 0 Å². The Morgan fingerprint density at radius 3 is 2.38 bits per heavy atom. The topological polar surface area (TPSA) is 27.7 Å². The van der Waals surface area contributed by atoms with E-state index in [9.17, 15) is 0 Å². The highest BCUT2D eigenvalue weighted by atomic mass is 79.9. The van der Waals surface area contributed by atoms with Gasteiger partial charge in [0, 0.05) is 5.56 Å². The fraction of sp³-hybridized carbons (Fsp3) is 0.250. The van der Waals surface area contributed by atoms with Crippen LogP contribution in [0.25, 0.3) is 0 Å². The van der Waals surface area contributed by atoms with Gasteiger partial charge in [-0.2, -0.15) is 0 Å². The van der Waals surface area contributed by atoms with Gasteiger partial charge in [0.1, 0.15) is 21.7 Å². The minimum absolute atomic E-state index is 0.350. The molecule has 0 heterocycles. The number of benzene rings is 2. The number of halogens is 2. The Labute approximate surface area is 137 Å². The van der Waals surface area contributed by atoms with Gasteiger partial charge in [0.2, 0.25) is 0 Å². The second-order valence-corrected chi connectivity index (χ2v) is 5.57. The highest BCUT2D eigenvalue weighted by Crippen LogP contribution is 2.43. The first-order valence-electron chi connectivity index (χ1n) is 6.30. The van der Waals surface area contributed by atoms with Crippen LogP contribution in [0.5, 0.6) is 17.2 Å². The summed E-state index contributed by atoms with van der Waals surface area (Å²) in [6, 6.07) is 11.4. The fourth-order valence-corrected chi connectivity index (χ4v) is 3.09. The first-order valence-corrected chi connectivity index (χ1v) is 7.53. The number of methoxy groups -OCH3 is 3. The van der Waals surface area contributed by atoms with Gasteiger partial charge in [-0.1, -0.05) is 12.1 Å². The quantitative estimate of drug-likeness (QED) is 0.706. The molecule has 0 aliphatic rings. The Bertz CT molecular complexity index is 631. The molecule has 5 heteroatoms. The van der Waals surface area contributed by atoms with Gasteiger partial charge in [-0.3, -0.25) is 0 Å². The summed E-state index contributed by atoms with van der Waals surface area (Å²) in [4.78, 5) is 0. The fourth-order valence-electron chi connectivity index (χ4n) is 2.10. The van der Waals surface area contributed by atoms with E-state index in [4.69, 9.17) is 25.8 Å². The van der Waals surface area contributed by atoms with Gasteiger partial charge in [-0.25, -0.2) is 0 Å². The summed E-state index contributed by atoms with van der Waals surface area (Å²) in [5.41, 5.74) is 1.80. The number of hydrogen-bond donors (Lipinski definition) is 0. The average Bonchev–Trinajstić information content (AvgIpc) is 2.53. The van der Waals surface area contributed by atoms with Crippen LogP contribution in [-0.4, -0.2) is 21.3 Å². The number of alkyl halides is 1. The van der Waals surface area contributed by atoms with Crippen molar-refractivity contribution in [3.8, 4) is 17.2 Å². The third kappa shape index (κ3) is 3.27. The number of hydrogen-bond acceptors (Lipinski definition) is 3. The second-order valence-electron chi connectivity index (χ2n) is 4.34. The van der Waals surface area contributed by atoms with E-state index >= 15 is 0 Å². The van der Waals surface area contributed by atoms with Gasteiger partial charge >= 0.3 is 0 Å². The summed E-state index contributed by atoms with van der Waals surface area (Å²) < 4.78 is 16.7. The second kappa shape index (κ2) is 7.05. The normalized spacial score (nSPS) is 11.9. The molecule has 0 bridgehead atoms. The van der Waals surface area contributed by atoms with Crippen molar-refractivity contribution in [1.82, 2.24) is 0 Å². The molecule has 0 N–H and O–H groups in total. The first-order chi connectivity index (χ1) is 10.1. The van der Waals surface area contributed by atoms with Crippen molar-refractivity contribution < 1.29 is 14.2 Å². The minimum Gasteiger partial charge on any atom is -0.497 e. The summed E-state index contributed by atoms with van der Waals surface area (Å²) in [7, 11) is 4.85. The van der Waals surface area contributed by atoms with Crippen LogP contribution < -0.4 is 14.2 Å². The lowest BCUT2D eigenvalue weighted by atomic mass is 10.0. The van der Waals surface area contributed by atoms with Crippen LogP contribution in [0.3, 0.4) is 0 Å². The maximum atomic E-state index is 6.61. The molecular weight excluding hydrogens is 356 g/mol. The zero-order valence-corrected chi connectivity index (χ0v) is 14.4. The van der Waals surface area contributed by atoms with Crippen molar-refractivity contribution in [3.63, 3.8) is 0 Å². The molecule has 0 aliphatic heterocycles. The van der Waals surface area contributed by atoms with Crippen LogP contribution in [0.2, 0.25) is 0 Å². The lowest BCUT2D eigenvalue weighted by molar-refractivity contribution is 0.386. The van der Waals surface area contributed by atoms with Gasteiger partial charge in [-0.05, 0) is 45.8 Å². The molecule has 0 spiro atoms. The molecule has 2 aromatic rings. The zero-order valence-electron chi connectivity index (χ0n) is 12.0. The van der Waals surface area contributed by atoms with Crippen LogP contribution in [0.4, 0.5) is 0 Å². The highest BCUT2D eigenvalue weighted by Gasteiger charge is 2.20. The van der Waals surface area contributed by atoms with E-state index in [1.165, 1.54) is 0 Å². The van der Waals surface area contributed by atoms with Gasteiger partial charge in [0.15, 0.2) is 0 Å². The van der Waals surface area contributed by atoms with E-state index in [0.29, 0.717) is 11.5 Å². The third-order valence-electron chi connectivity index (χ3n) is 3.18. The Kier molecular flexibility index (Phi) is 5.37. The van der Waals surface area contributed by atoms with Crippen LogP contribution >= 0.6 is 27.5 Å². The van der Waals surface area contributed by atoms with Crippen molar-refractivity contribution in [3.05, 3.63) is 52.0 Å². The summed E-state index contributed by atoms with van der Waals surface area (Å²) in [6.45, 7) is 0. The molecule has 3 nitrogen and oxygen atoms in total. The molecule has 0 aromatic heterocycles. The van der Waals surface area contributed by atoms with Gasteiger partial charge < -0.3 is 14.2 Å². The molecule has 112 valence electrons. The zero-order chi connectivity index (χ0) is 15.4. The largest absolute Gasteiger partial charge is 0.497 e. The van der Waals surface area contributed by atoms with E-state index in [2.05, 4.69) is 15.9 Å². The maximum absolute atomic E-state index is 6.61. The van der Waals surface area contributed by atoms with Crippen molar-refractivity contribution >= 4 is 27.5 Å². The van der Waals surface area contributed by atoms with Crippen molar-refractivity contribution in [2.24, 2.45) is 0 Å². The molecule has 0 amide bonds. The van der Waals surface area contributed by atoms with Crippen LogP contribution in [0.1, 0.15) is 16.5 Å². The Hall–Kier alpha value is -1.39. The predicted octanol–water partition coefficient (Wildman–Crippen LogP) is 4.80. The molecule has 2 rings (SSSR count). The van der Waals surface area contributed by atoms with E-state index in [1.807, 2.05) is 36.4 Å². The van der Waals surface area contributed by atoms with Crippen LogP contribution in [0, 0.1) is 0 Å². The Morgan fingerprint density at radius 1 is 1.00 bits per heavy atom. The molecule has 1 unspecified atom stereocenters. The monoisotopic (exact) mass is 370 g/mol. The van der Waals surface area contributed by atoms with E-state index in [1.54, 1.807) is 21.3 Å². The highest BCUT2D eigenvalue weighted by molar-refractivity contribution is 9.10. The smallest absolute Gasteiger partial charge is 0.141 e. The summed E-state index contributed by atoms with van der Waals surface area (Å²) in [6.07, 6.45) is 0. The number of rotatable bonds is 5. The van der Waals surface area contributed by atoms with E-state index in [0.717, 1.165) is 21.3 Å². The van der Waals surface area contributed by atoms with E-state index < -0.39 is 0 Å². The molecule has 0 aliphatic carbocycles. The molecule has 0 radical (unpaired) electrons. The predicted molar refractivity (Wildman–Crippen MR) is 87.9 cm³/mol. The van der Waals surface area contributed by atoms with Gasteiger partial charge in [-0.15, -0.1) is 11.6 Å². The lowest BCUT2D eigenvalue weighted by Crippen LogP contribution is -2.00. The summed E-state index contributed by atoms with van der Waals surface area (Å²) in [5.74, 6) is 2.13. The third-order valence-corrected chi connectivity index (χ3v) is 4.41. The molecule has 0 saturated carbocycles. The average molecular weight is 372 g/mol. The van der Waals surface area contributed by atoms with Crippen LogP contribution in [0.15, 0.2) is 40.9 Å². The summed E-state index contributed by atoms with van der Waals surface area (Å²) >= 11 is 10.1. The minimum atomic E-state index is -0.350. The standard InChI is InChI=1S/C16H16BrClO3/c1-19-11-6-4-5-10(9-11)15(18)12-7-8-13(20-2)14(17)16(12)21-3/h4-9,15H,1-3H3. The summed E-state index contributed by atoms with van der Waals surface area (Å²) in [5, 5.41) is -0.350. The lowest BCUT2D eigenvalue weighted by Gasteiger charge is -2.17. The molecule has 0 saturated heterocycles. The molecule has 1 atom stereocenters. The van der Waals surface area contributed by atoms with Crippen molar-refractivity contribution in [2.75, 3.05) is 21.3 Å². The maximum Gasteiger partial charge on any atom is 0.141 e. The van der Waals surface area contributed by atoms with Gasteiger partial charge in [0.05, 0.1) is 26.7 Å². The van der Waals surface area contributed by atoms with Crippen molar-refractivity contribution in [2.45, 2.75) is 5.38 Å². The van der Waals surface area contributed by atoms with Crippen LogP contribution in [-0.2, 0) is 0 Å².